The van der Waals surface area contributed by atoms with Gasteiger partial charge in [0.2, 0.25) is 5.91 Å². The summed E-state index contributed by atoms with van der Waals surface area (Å²) in [5.41, 5.74) is 0. The molecule has 5 heteroatoms. The van der Waals surface area contributed by atoms with Gasteiger partial charge in [0.1, 0.15) is 11.6 Å². The summed E-state index contributed by atoms with van der Waals surface area (Å²) in [6.45, 7) is 6.34. The SMILES string of the molecule is CC(C)n1ccnc1[C@H]1CCCN(C(=O)CCOc2ccccc2)C1. The quantitative estimate of drug-likeness (QED) is 0.806. The van der Waals surface area contributed by atoms with E-state index in [-0.39, 0.29) is 5.91 Å². The zero-order valence-corrected chi connectivity index (χ0v) is 15.1. The Labute approximate surface area is 149 Å². The number of hydrogen-bond acceptors (Lipinski definition) is 3. The lowest BCUT2D eigenvalue weighted by Crippen LogP contribution is -2.40. The van der Waals surface area contributed by atoms with Gasteiger partial charge in [0.25, 0.3) is 0 Å². The van der Waals surface area contributed by atoms with Crippen molar-refractivity contribution in [1.82, 2.24) is 14.5 Å². The van der Waals surface area contributed by atoms with E-state index in [1.165, 1.54) is 0 Å². The minimum absolute atomic E-state index is 0.170. The van der Waals surface area contributed by atoms with E-state index in [2.05, 4.69) is 23.4 Å². The van der Waals surface area contributed by atoms with Crippen molar-refractivity contribution in [3.63, 3.8) is 0 Å². The molecular weight excluding hydrogens is 314 g/mol. The summed E-state index contributed by atoms with van der Waals surface area (Å²) in [4.78, 5) is 19.1. The van der Waals surface area contributed by atoms with E-state index >= 15 is 0 Å². The Kier molecular flexibility index (Phi) is 5.74. The Morgan fingerprint density at radius 2 is 2.12 bits per heavy atom. The van der Waals surface area contributed by atoms with Crippen LogP contribution in [-0.2, 0) is 4.79 Å². The lowest BCUT2D eigenvalue weighted by molar-refractivity contribution is -0.133. The van der Waals surface area contributed by atoms with Gasteiger partial charge in [-0.15, -0.1) is 0 Å². The smallest absolute Gasteiger partial charge is 0.226 e. The number of benzene rings is 1. The average Bonchev–Trinajstić information content (AvgIpc) is 3.13. The van der Waals surface area contributed by atoms with Crippen LogP contribution in [0.3, 0.4) is 0 Å². The summed E-state index contributed by atoms with van der Waals surface area (Å²) in [5.74, 6) is 2.41. The van der Waals surface area contributed by atoms with E-state index in [0.29, 0.717) is 25.0 Å². The Bertz CT molecular complexity index is 681. The topological polar surface area (TPSA) is 47.4 Å². The third-order valence-electron chi connectivity index (χ3n) is 4.72. The Morgan fingerprint density at radius 1 is 1.32 bits per heavy atom. The molecule has 0 radical (unpaired) electrons. The molecule has 1 aromatic carbocycles. The Balaban J connectivity index is 1.54. The third-order valence-corrected chi connectivity index (χ3v) is 4.72. The van der Waals surface area contributed by atoms with Crippen molar-refractivity contribution in [2.75, 3.05) is 19.7 Å². The lowest BCUT2D eigenvalue weighted by Gasteiger charge is -2.33. The number of amides is 1. The number of carbonyl (C=O) groups excluding carboxylic acids is 1. The van der Waals surface area contributed by atoms with Crippen LogP contribution < -0.4 is 4.74 Å². The molecule has 3 rings (SSSR count). The van der Waals surface area contributed by atoms with E-state index < -0.39 is 0 Å². The van der Waals surface area contributed by atoms with Crippen LogP contribution in [0.5, 0.6) is 5.75 Å². The van der Waals surface area contributed by atoms with Crippen molar-refractivity contribution in [2.45, 2.75) is 45.1 Å². The number of rotatable bonds is 6. The highest BCUT2D eigenvalue weighted by Gasteiger charge is 2.27. The maximum absolute atomic E-state index is 12.5. The normalized spacial score (nSPS) is 17.7. The highest BCUT2D eigenvalue weighted by atomic mass is 16.5. The number of nitrogens with zero attached hydrogens (tertiary/aromatic N) is 3. The van der Waals surface area contributed by atoms with Crippen LogP contribution in [0.1, 0.15) is 50.9 Å². The van der Waals surface area contributed by atoms with Crippen molar-refractivity contribution in [3.8, 4) is 5.75 Å². The van der Waals surface area contributed by atoms with Crippen LogP contribution in [0.2, 0.25) is 0 Å². The minimum Gasteiger partial charge on any atom is -0.493 e. The summed E-state index contributed by atoms with van der Waals surface area (Å²) in [6.07, 6.45) is 6.44. The molecular formula is C20H27N3O2. The molecule has 1 amide bonds. The van der Waals surface area contributed by atoms with Crippen LogP contribution in [0, 0.1) is 0 Å². The van der Waals surface area contributed by atoms with Crippen molar-refractivity contribution in [1.29, 1.82) is 0 Å². The van der Waals surface area contributed by atoms with Crippen LogP contribution in [0.15, 0.2) is 42.7 Å². The minimum atomic E-state index is 0.170. The third kappa shape index (κ3) is 4.41. The molecule has 0 N–H and O–H groups in total. The van der Waals surface area contributed by atoms with Crippen molar-refractivity contribution in [2.24, 2.45) is 0 Å². The molecule has 5 nitrogen and oxygen atoms in total. The van der Waals surface area contributed by atoms with Crippen molar-refractivity contribution >= 4 is 5.91 Å². The Morgan fingerprint density at radius 3 is 2.88 bits per heavy atom. The predicted octanol–water partition coefficient (Wildman–Crippen LogP) is 3.64. The number of imidazole rings is 1. The largest absolute Gasteiger partial charge is 0.493 e. The van der Waals surface area contributed by atoms with Gasteiger partial charge in [-0.25, -0.2) is 4.98 Å². The Hall–Kier alpha value is -2.30. The molecule has 25 heavy (non-hydrogen) atoms. The number of carbonyl (C=O) groups is 1. The second-order valence-corrected chi connectivity index (χ2v) is 6.88. The molecule has 0 spiro atoms. The summed E-state index contributed by atoms with van der Waals surface area (Å²) >= 11 is 0. The fourth-order valence-electron chi connectivity index (χ4n) is 3.42. The van der Waals surface area contributed by atoms with Gasteiger partial charge in [-0.05, 0) is 38.8 Å². The van der Waals surface area contributed by atoms with E-state index in [9.17, 15) is 4.79 Å². The van der Waals surface area contributed by atoms with Gasteiger partial charge in [-0.2, -0.15) is 0 Å². The van der Waals surface area contributed by atoms with Crippen LogP contribution >= 0.6 is 0 Å². The van der Waals surface area contributed by atoms with Gasteiger partial charge >= 0.3 is 0 Å². The number of likely N-dealkylation sites (tertiary alicyclic amines) is 1. The van der Waals surface area contributed by atoms with Crippen LogP contribution in [-0.4, -0.2) is 40.1 Å². The van der Waals surface area contributed by atoms with Gasteiger partial charge < -0.3 is 14.2 Å². The first kappa shape index (κ1) is 17.5. The summed E-state index contributed by atoms with van der Waals surface area (Å²) in [5, 5.41) is 0. The maximum Gasteiger partial charge on any atom is 0.226 e. The summed E-state index contributed by atoms with van der Waals surface area (Å²) < 4.78 is 7.87. The number of piperidine rings is 1. The van der Waals surface area contributed by atoms with Gasteiger partial charge in [-0.3, -0.25) is 4.79 Å². The highest BCUT2D eigenvalue weighted by Crippen LogP contribution is 2.27. The fraction of sp³-hybridized carbons (Fsp3) is 0.500. The number of para-hydroxylation sites is 1. The van der Waals surface area contributed by atoms with Gasteiger partial charge in [0.05, 0.1) is 13.0 Å². The molecule has 1 atom stereocenters. The molecule has 1 fully saturated rings. The standard InChI is InChI=1S/C20H27N3O2/c1-16(2)23-13-11-21-20(23)17-7-6-12-22(15-17)19(24)10-14-25-18-8-4-3-5-9-18/h3-5,8-9,11,13,16-17H,6-7,10,12,14-15H2,1-2H3/t17-/m0/s1. The van der Waals surface area contributed by atoms with E-state index in [4.69, 9.17) is 4.74 Å². The molecule has 2 aromatic rings. The average molecular weight is 341 g/mol. The lowest BCUT2D eigenvalue weighted by atomic mass is 9.96. The summed E-state index contributed by atoms with van der Waals surface area (Å²) in [6, 6.07) is 10.0. The molecule has 1 saturated heterocycles. The zero-order valence-electron chi connectivity index (χ0n) is 15.1. The van der Waals surface area contributed by atoms with Gasteiger partial charge in [0, 0.05) is 37.4 Å². The number of hydrogen-bond donors (Lipinski definition) is 0. The van der Waals surface area contributed by atoms with Gasteiger partial charge in [-0.1, -0.05) is 18.2 Å². The molecule has 0 unspecified atom stereocenters. The van der Waals surface area contributed by atoms with Crippen molar-refractivity contribution < 1.29 is 9.53 Å². The second-order valence-electron chi connectivity index (χ2n) is 6.88. The first-order valence-electron chi connectivity index (χ1n) is 9.13. The first-order valence-corrected chi connectivity index (χ1v) is 9.13. The predicted molar refractivity (Wildman–Crippen MR) is 97.7 cm³/mol. The maximum atomic E-state index is 12.5. The molecule has 1 aromatic heterocycles. The van der Waals surface area contributed by atoms with Crippen molar-refractivity contribution in [3.05, 3.63) is 48.5 Å². The zero-order chi connectivity index (χ0) is 17.6. The van der Waals surface area contributed by atoms with E-state index in [1.807, 2.05) is 47.6 Å². The molecule has 0 aliphatic carbocycles. The van der Waals surface area contributed by atoms with Crippen LogP contribution in [0.25, 0.3) is 0 Å². The van der Waals surface area contributed by atoms with Gasteiger partial charge in [0.15, 0.2) is 0 Å². The van der Waals surface area contributed by atoms with E-state index in [0.717, 1.165) is 37.5 Å². The van der Waals surface area contributed by atoms with Crippen LogP contribution in [0.4, 0.5) is 0 Å². The number of aromatic nitrogens is 2. The molecule has 134 valence electrons. The molecule has 1 aliphatic heterocycles. The fourth-order valence-corrected chi connectivity index (χ4v) is 3.42. The molecule has 0 saturated carbocycles. The molecule has 1 aliphatic rings. The van der Waals surface area contributed by atoms with E-state index in [1.54, 1.807) is 0 Å². The number of ether oxygens (including phenoxy) is 1. The molecule has 2 heterocycles. The first-order chi connectivity index (χ1) is 12.1. The molecule has 0 bridgehead atoms. The highest BCUT2D eigenvalue weighted by molar-refractivity contribution is 5.76. The second kappa shape index (κ2) is 8.19. The monoisotopic (exact) mass is 341 g/mol. The summed E-state index contributed by atoms with van der Waals surface area (Å²) in [7, 11) is 0.